The van der Waals surface area contributed by atoms with Crippen molar-refractivity contribution in [2.75, 3.05) is 0 Å². The Morgan fingerprint density at radius 1 is 1.27 bits per heavy atom. The van der Waals surface area contributed by atoms with Gasteiger partial charge < -0.3 is 15.3 Å². The molecule has 0 bridgehead atoms. The number of rotatable bonds is 2. The van der Waals surface area contributed by atoms with Crippen LogP contribution in [-0.2, 0) is 10.3 Å². The van der Waals surface area contributed by atoms with E-state index in [1.165, 1.54) is 6.20 Å². The molecule has 1 N–H and O–H groups in total. The van der Waals surface area contributed by atoms with Gasteiger partial charge in [0.1, 0.15) is 5.60 Å². The van der Waals surface area contributed by atoms with Crippen molar-refractivity contribution in [1.82, 2.24) is 5.32 Å². The molecule has 1 amide bonds. The Hall–Kier alpha value is -2.30. The van der Waals surface area contributed by atoms with E-state index in [9.17, 15) is 10.0 Å². The number of ether oxygens (including phenoxy) is 1. The number of pyridine rings is 1. The Bertz CT molecular complexity index is 730. The largest absolute Gasteiger partial charge is 0.618 e. The molecule has 0 spiro atoms. The molecule has 1 aliphatic rings. The van der Waals surface area contributed by atoms with E-state index in [0.717, 1.165) is 28.5 Å². The number of nitrogens with one attached hydrogen (secondary N) is 1. The molecule has 0 saturated heterocycles. The molecule has 3 rings (SSSR count). The van der Waals surface area contributed by atoms with Crippen LogP contribution < -0.4 is 10.0 Å². The molecule has 1 saturated carbocycles. The first-order valence-corrected chi connectivity index (χ1v) is 7.43. The molecule has 5 heteroatoms. The Kier molecular flexibility index (Phi) is 3.24. The van der Waals surface area contributed by atoms with E-state index in [4.69, 9.17) is 4.74 Å². The van der Waals surface area contributed by atoms with Gasteiger partial charge in [0.25, 0.3) is 0 Å². The second-order valence-electron chi connectivity index (χ2n) is 6.78. The van der Waals surface area contributed by atoms with E-state index in [1.54, 1.807) is 12.1 Å². The van der Waals surface area contributed by atoms with Gasteiger partial charge in [0.2, 0.25) is 5.52 Å². The minimum atomic E-state index is -0.531. The van der Waals surface area contributed by atoms with Crippen LogP contribution in [0.3, 0.4) is 0 Å². The number of carbonyl (C=O) groups excluding carboxylic acids is 1. The number of hydrogen-bond acceptors (Lipinski definition) is 3. The summed E-state index contributed by atoms with van der Waals surface area (Å²) in [6.45, 7) is 5.51. The van der Waals surface area contributed by atoms with Crippen molar-refractivity contribution in [3.63, 3.8) is 0 Å². The molecular weight excluding hydrogens is 280 g/mol. The lowest BCUT2D eigenvalue weighted by Crippen LogP contribution is -2.39. The van der Waals surface area contributed by atoms with Gasteiger partial charge in [-0.3, -0.25) is 0 Å². The average molecular weight is 300 g/mol. The van der Waals surface area contributed by atoms with Crippen molar-refractivity contribution < 1.29 is 14.3 Å². The first-order valence-electron chi connectivity index (χ1n) is 7.43. The maximum Gasteiger partial charge on any atom is 0.408 e. The predicted molar refractivity (Wildman–Crippen MR) is 83.2 cm³/mol. The molecule has 5 nitrogen and oxygen atoms in total. The lowest BCUT2D eigenvalue weighted by atomic mass is 9.99. The number of hydrogen-bond donors (Lipinski definition) is 1. The maximum absolute atomic E-state index is 12.1. The van der Waals surface area contributed by atoms with E-state index < -0.39 is 17.2 Å². The summed E-state index contributed by atoms with van der Waals surface area (Å²) >= 11 is 0. The van der Waals surface area contributed by atoms with Gasteiger partial charge in [-0.15, -0.1) is 0 Å². The Balaban J connectivity index is 1.94. The fourth-order valence-corrected chi connectivity index (χ4v) is 2.72. The van der Waals surface area contributed by atoms with E-state index >= 15 is 0 Å². The molecule has 0 aliphatic heterocycles. The van der Waals surface area contributed by atoms with Gasteiger partial charge in [-0.05, 0) is 45.2 Å². The van der Waals surface area contributed by atoms with Crippen molar-refractivity contribution in [2.45, 2.75) is 44.8 Å². The molecule has 1 heterocycles. The third kappa shape index (κ3) is 2.71. The van der Waals surface area contributed by atoms with Crippen LogP contribution in [0.15, 0.2) is 36.5 Å². The standard InChI is InChI=1S/C17H20N2O3/c1-16(2,3)22-15(20)18-17(9-10-17)13-7-4-8-14-12(13)6-5-11-19(14)21/h4-8,11H,9-10H2,1-3H3,(H,18,20). The molecule has 1 aromatic carbocycles. The van der Waals surface area contributed by atoms with Crippen LogP contribution in [0.25, 0.3) is 10.9 Å². The summed E-state index contributed by atoms with van der Waals surface area (Å²) in [6.07, 6.45) is 2.75. The zero-order valence-corrected chi connectivity index (χ0v) is 13.1. The molecule has 0 atom stereocenters. The monoisotopic (exact) mass is 300 g/mol. The summed E-state index contributed by atoms with van der Waals surface area (Å²) in [7, 11) is 0. The zero-order valence-electron chi connectivity index (χ0n) is 13.1. The zero-order chi connectivity index (χ0) is 16.0. The lowest BCUT2D eigenvalue weighted by Gasteiger charge is -2.24. The van der Waals surface area contributed by atoms with Crippen LogP contribution in [0.4, 0.5) is 4.79 Å². The quantitative estimate of drug-likeness (QED) is 0.685. The first-order chi connectivity index (χ1) is 10.3. The van der Waals surface area contributed by atoms with Crippen LogP contribution in [0, 0.1) is 5.21 Å². The van der Waals surface area contributed by atoms with Gasteiger partial charge in [-0.1, -0.05) is 12.1 Å². The van der Waals surface area contributed by atoms with Crippen molar-refractivity contribution >= 4 is 17.0 Å². The van der Waals surface area contributed by atoms with Gasteiger partial charge in [0, 0.05) is 12.1 Å². The molecule has 0 unspecified atom stereocenters. The van der Waals surface area contributed by atoms with E-state index in [2.05, 4.69) is 5.32 Å². The SMILES string of the molecule is CC(C)(C)OC(=O)NC1(c2cccc3c2ccc[n+]3[O-])CC1. The highest BCUT2D eigenvalue weighted by molar-refractivity contribution is 5.82. The molecule has 116 valence electrons. The highest BCUT2D eigenvalue weighted by Crippen LogP contribution is 2.47. The highest BCUT2D eigenvalue weighted by atomic mass is 16.6. The molecular formula is C17H20N2O3. The highest BCUT2D eigenvalue weighted by Gasteiger charge is 2.47. The molecule has 1 fully saturated rings. The smallest absolute Gasteiger partial charge is 0.408 e. The van der Waals surface area contributed by atoms with Crippen LogP contribution in [0.5, 0.6) is 0 Å². The van der Waals surface area contributed by atoms with E-state index in [0.29, 0.717) is 5.52 Å². The average Bonchev–Trinajstić information content (AvgIpc) is 3.17. The predicted octanol–water partition coefficient (Wildman–Crippen LogP) is 2.99. The Morgan fingerprint density at radius 2 is 2.00 bits per heavy atom. The third-order valence-electron chi connectivity index (χ3n) is 3.81. The number of alkyl carbamates (subject to hydrolysis) is 1. The lowest BCUT2D eigenvalue weighted by molar-refractivity contribution is -0.577. The van der Waals surface area contributed by atoms with Gasteiger partial charge in [0.05, 0.1) is 10.9 Å². The van der Waals surface area contributed by atoms with Gasteiger partial charge in [-0.25, -0.2) is 4.79 Å². The number of benzene rings is 1. The second kappa shape index (κ2) is 4.87. The summed E-state index contributed by atoms with van der Waals surface area (Å²) < 4.78 is 6.20. The summed E-state index contributed by atoms with van der Waals surface area (Å²) in [5.41, 5.74) is 0.631. The maximum atomic E-state index is 12.1. The minimum Gasteiger partial charge on any atom is -0.618 e. The second-order valence-corrected chi connectivity index (χ2v) is 6.78. The number of aromatic nitrogens is 1. The normalized spacial score (nSPS) is 16.3. The first kappa shape index (κ1) is 14.6. The van der Waals surface area contributed by atoms with Gasteiger partial charge in [-0.2, -0.15) is 4.73 Å². The van der Waals surface area contributed by atoms with Crippen LogP contribution in [0.1, 0.15) is 39.2 Å². The summed E-state index contributed by atoms with van der Waals surface area (Å²) in [4.78, 5) is 12.1. The summed E-state index contributed by atoms with van der Waals surface area (Å²) in [5.74, 6) is 0. The third-order valence-corrected chi connectivity index (χ3v) is 3.81. The van der Waals surface area contributed by atoms with Crippen molar-refractivity contribution in [2.24, 2.45) is 0 Å². The van der Waals surface area contributed by atoms with Crippen LogP contribution in [-0.4, -0.2) is 11.7 Å². The van der Waals surface area contributed by atoms with Crippen molar-refractivity contribution in [3.8, 4) is 0 Å². The topological polar surface area (TPSA) is 65.3 Å². The van der Waals surface area contributed by atoms with E-state index in [-0.39, 0.29) is 0 Å². The summed E-state index contributed by atoms with van der Waals surface area (Å²) in [6, 6.07) is 9.24. The van der Waals surface area contributed by atoms with Gasteiger partial charge in [0.15, 0.2) is 6.20 Å². The molecule has 0 radical (unpaired) electrons. The molecule has 1 aromatic heterocycles. The minimum absolute atomic E-state index is 0.420. The molecule has 2 aromatic rings. The van der Waals surface area contributed by atoms with Crippen LogP contribution >= 0.6 is 0 Å². The summed E-state index contributed by atoms with van der Waals surface area (Å²) in [5, 5.41) is 15.7. The molecule has 22 heavy (non-hydrogen) atoms. The van der Waals surface area contributed by atoms with E-state index in [1.807, 2.05) is 39.0 Å². The van der Waals surface area contributed by atoms with Gasteiger partial charge >= 0.3 is 6.09 Å². The Morgan fingerprint density at radius 3 is 2.64 bits per heavy atom. The van der Waals surface area contributed by atoms with Crippen molar-refractivity contribution in [3.05, 3.63) is 47.3 Å². The van der Waals surface area contributed by atoms with Crippen molar-refractivity contribution in [1.29, 1.82) is 0 Å². The number of amides is 1. The Labute approximate surface area is 129 Å². The van der Waals surface area contributed by atoms with Crippen LogP contribution in [0.2, 0.25) is 0 Å². The number of fused-ring (bicyclic) bond motifs is 1. The number of carbonyl (C=O) groups is 1. The fraction of sp³-hybridized carbons (Fsp3) is 0.412. The molecule has 1 aliphatic carbocycles. The number of nitrogens with zero attached hydrogens (tertiary/aromatic N) is 1. The fourth-order valence-electron chi connectivity index (χ4n) is 2.72.